The Morgan fingerprint density at radius 2 is 1.70 bits per heavy atom. The van der Waals surface area contributed by atoms with Crippen LogP contribution in [0.1, 0.15) is 33.5 Å². The van der Waals surface area contributed by atoms with Crippen LogP contribution in [0.5, 0.6) is 0 Å². The molecule has 4 aromatic rings. The first-order valence-corrected chi connectivity index (χ1v) is 12.5. The van der Waals surface area contributed by atoms with Crippen LogP contribution in [-0.4, -0.2) is 27.6 Å². The first-order valence-electron chi connectivity index (χ1n) is 10.7. The highest BCUT2D eigenvalue weighted by Gasteiger charge is 2.19. The lowest BCUT2D eigenvalue weighted by Gasteiger charge is -2.04. The van der Waals surface area contributed by atoms with Crippen LogP contribution in [0.2, 0.25) is 0 Å². The van der Waals surface area contributed by atoms with E-state index in [4.69, 9.17) is 0 Å². The first kappa shape index (κ1) is 21.6. The largest absolute Gasteiger partial charge is 0.300 e. The number of anilines is 1. The SMILES string of the molecule is O=C(CCc1ccccc1)Nc1nnc(SCC(=O)c2ccc3c(c2)Cc2ccccc2-3)s1. The summed E-state index contributed by atoms with van der Waals surface area (Å²) in [5.41, 5.74) is 6.81. The molecule has 1 aromatic heterocycles. The highest BCUT2D eigenvalue weighted by molar-refractivity contribution is 8.01. The molecule has 0 unspecified atom stereocenters. The van der Waals surface area contributed by atoms with Crippen LogP contribution in [-0.2, 0) is 17.6 Å². The van der Waals surface area contributed by atoms with Crippen molar-refractivity contribution in [2.75, 3.05) is 11.1 Å². The molecule has 1 aliphatic rings. The zero-order valence-electron chi connectivity index (χ0n) is 17.8. The first-order chi connectivity index (χ1) is 16.2. The summed E-state index contributed by atoms with van der Waals surface area (Å²) >= 11 is 2.63. The highest BCUT2D eigenvalue weighted by atomic mass is 32.2. The Hall–Kier alpha value is -3.29. The monoisotopic (exact) mass is 471 g/mol. The van der Waals surface area contributed by atoms with Crippen molar-refractivity contribution in [3.63, 3.8) is 0 Å². The van der Waals surface area contributed by atoms with Crippen molar-refractivity contribution < 1.29 is 9.59 Å². The van der Waals surface area contributed by atoms with Crippen LogP contribution < -0.4 is 5.32 Å². The number of amides is 1. The fraction of sp³-hybridized carbons (Fsp3) is 0.154. The molecule has 33 heavy (non-hydrogen) atoms. The molecule has 0 bridgehead atoms. The molecular weight excluding hydrogens is 450 g/mol. The number of Topliss-reactive ketones (excluding diaryl/α,β-unsaturated/α-hetero) is 1. The number of thioether (sulfide) groups is 1. The van der Waals surface area contributed by atoms with E-state index in [1.54, 1.807) is 0 Å². The number of aromatic nitrogens is 2. The molecule has 3 aromatic carbocycles. The van der Waals surface area contributed by atoms with Gasteiger partial charge in [-0.2, -0.15) is 0 Å². The molecular formula is C26H21N3O2S2. The van der Waals surface area contributed by atoms with E-state index in [0.29, 0.717) is 27.9 Å². The van der Waals surface area contributed by atoms with Gasteiger partial charge in [-0.15, -0.1) is 10.2 Å². The van der Waals surface area contributed by atoms with Crippen LogP contribution in [0, 0.1) is 0 Å². The van der Waals surface area contributed by atoms with Crippen molar-refractivity contribution in [2.45, 2.75) is 23.6 Å². The average molecular weight is 472 g/mol. The second-order valence-corrected chi connectivity index (χ2v) is 10.0. The van der Waals surface area contributed by atoms with Gasteiger partial charge in [-0.05, 0) is 46.7 Å². The Morgan fingerprint density at radius 1 is 0.909 bits per heavy atom. The Balaban J connectivity index is 1.14. The van der Waals surface area contributed by atoms with Gasteiger partial charge in [-0.25, -0.2) is 0 Å². The normalized spacial score (nSPS) is 11.6. The molecule has 1 aliphatic carbocycles. The summed E-state index contributed by atoms with van der Waals surface area (Å²) in [5.74, 6) is 0.242. The van der Waals surface area contributed by atoms with Crippen LogP contribution in [0.4, 0.5) is 5.13 Å². The summed E-state index contributed by atoms with van der Waals surface area (Å²) in [6, 6.07) is 24.2. The maximum Gasteiger partial charge on any atom is 0.226 e. The summed E-state index contributed by atoms with van der Waals surface area (Å²) in [6.45, 7) is 0. The molecule has 0 spiro atoms. The number of rotatable bonds is 8. The molecule has 0 fully saturated rings. The number of benzene rings is 3. The summed E-state index contributed by atoms with van der Waals surface area (Å²) in [5, 5.41) is 11.4. The van der Waals surface area contributed by atoms with Gasteiger partial charge in [-0.3, -0.25) is 9.59 Å². The van der Waals surface area contributed by atoms with E-state index in [1.165, 1.54) is 45.4 Å². The maximum absolute atomic E-state index is 12.8. The van der Waals surface area contributed by atoms with E-state index in [2.05, 4.69) is 33.7 Å². The zero-order valence-corrected chi connectivity index (χ0v) is 19.4. The lowest BCUT2D eigenvalue weighted by atomic mass is 10.0. The molecule has 0 aliphatic heterocycles. The number of aryl methyl sites for hydroxylation is 1. The van der Waals surface area contributed by atoms with Gasteiger partial charge < -0.3 is 5.32 Å². The topological polar surface area (TPSA) is 72.0 Å². The molecule has 164 valence electrons. The maximum atomic E-state index is 12.8. The van der Waals surface area contributed by atoms with Crippen molar-refractivity contribution in [1.29, 1.82) is 0 Å². The predicted molar refractivity (Wildman–Crippen MR) is 133 cm³/mol. The third-order valence-electron chi connectivity index (χ3n) is 5.58. The minimum Gasteiger partial charge on any atom is -0.300 e. The number of nitrogens with zero attached hydrogens (tertiary/aromatic N) is 2. The summed E-state index contributed by atoms with van der Waals surface area (Å²) in [6.07, 6.45) is 1.92. The molecule has 1 heterocycles. The van der Waals surface area contributed by atoms with Gasteiger partial charge in [0.2, 0.25) is 11.0 Å². The molecule has 0 saturated carbocycles. The van der Waals surface area contributed by atoms with E-state index in [-0.39, 0.29) is 17.4 Å². The van der Waals surface area contributed by atoms with Crippen molar-refractivity contribution in [2.24, 2.45) is 0 Å². The molecule has 5 rings (SSSR count). The van der Waals surface area contributed by atoms with E-state index in [0.717, 1.165) is 12.0 Å². The van der Waals surface area contributed by atoms with Crippen LogP contribution >= 0.6 is 23.1 Å². The number of ketones is 1. The van der Waals surface area contributed by atoms with Gasteiger partial charge in [0.05, 0.1) is 5.75 Å². The van der Waals surface area contributed by atoms with Gasteiger partial charge in [0.25, 0.3) is 0 Å². The molecule has 5 nitrogen and oxygen atoms in total. The van der Waals surface area contributed by atoms with Crippen molar-refractivity contribution >= 4 is 39.9 Å². The Labute approximate surface area is 200 Å². The zero-order chi connectivity index (χ0) is 22.6. The molecule has 7 heteroatoms. The van der Waals surface area contributed by atoms with Gasteiger partial charge in [-0.1, -0.05) is 89.8 Å². The minimum absolute atomic E-state index is 0.0578. The standard InChI is InChI=1S/C26H21N3O2S2/c30-23(19-11-12-22-20(15-19)14-18-8-4-5-9-21(18)22)16-32-26-29-28-25(33-26)27-24(31)13-10-17-6-2-1-3-7-17/h1-9,11-12,15H,10,13-14,16H2,(H,27,28,31). The molecule has 1 N–H and O–H groups in total. The summed E-state index contributed by atoms with van der Waals surface area (Å²) in [7, 11) is 0. The Kier molecular flexibility index (Phi) is 6.32. The summed E-state index contributed by atoms with van der Waals surface area (Å²) < 4.78 is 0.662. The number of carbonyl (C=O) groups is 2. The number of hydrogen-bond acceptors (Lipinski definition) is 6. The lowest BCUT2D eigenvalue weighted by molar-refractivity contribution is -0.116. The fourth-order valence-corrected chi connectivity index (χ4v) is 5.59. The molecule has 0 radical (unpaired) electrons. The molecule has 0 saturated heterocycles. The smallest absolute Gasteiger partial charge is 0.226 e. The fourth-order valence-electron chi connectivity index (χ4n) is 3.93. The number of hydrogen-bond donors (Lipinski definition) is 1. The van der Waals surface area contributed by atoms with Gasteiger partial charge >= 0.3 is 0 Å². The van der Waals surface area contributed by atoms with Crippen LogP contribution in [0.25, 0.3) is 11.1 Å². The van der Waals surface area contributed by atoms with Crippen molar-refractivity contribution in [3.8, 4) is 11.1 Å². The lowest BCUT2D eigenvalue weighted by Crippen LogP contribution is -2.12. The minimum atomic E-state index is -0.0956. The Morgan fingerprint density at radius 3 is 2.58 bits per heavy atom. The Bertz CT molecular complexity index is 1320. The van der Waals surface area contributed by atoms with Crippen LogP contribution in [0.3, 0.4) is 0 Å². The van der Waals surface area contributed by atoms with E-state index in [9.17, 15) is 9.59 Å². The summed E-state index contributed by atoms with van der Waals surface area (Å²) in [4.78, 5) is 24.9. The highest BCUT2D eigenvalue weighted by Crippen LogP contribution is 2.37. The van der Waals surface area contributed by atoms with E-state index >= 15 is 0 Å². The number of carbonyl (C=O) groups excluding carboxylic acids is 2. The van der Waals surface area contributed by atoms with E-state index < -0.39 is 0 Å². The van der Waals surface area contributed by atoms with Crippen molar-refractivity contribution in [3.05, 3.63) is 95.1 Å². The van der Waals surface area contributed by atoms with Gasteiger partial charge in [0.15, 0.2) is 10.1 Å². The third kappa shape index (κ3) is 5.05. The second kappa shape index (κ2) is 9.68. The van der Waals surface area contributed by atoms with Crippen molar-refractivity contribution in [1.82, 2.24) is 10.2 Å². The number of nitrogens with one attached hydrogen (secondary N) is 1. The molecule has 1 amide bonds. The average Bonchev–Trinajstić information content (AvgIpc) is 3.45. The number of fused-ring (bicyclic) bond motifs is 3. The third-order valence-corrected chi connectivity index (χ3v) is 7.55. The van der Waals surface area contributed by atoms with Crippen LogP contribution in [0.15, 0.2) is 77.1 Å². The second-order valence-electron chi connectivity index (χ2n) is 7.82. The quantitative estimate of drug-likeness (QED) is 0.180. The predicted octanol–water partition coefficient (Wildman–Crippen LogP) is 5.66. The van der Waals surface area contributed by atoms with Gasteiger partial charge in [0.1, 0.15) is 0 Å². The molecule has 0 atom stereocenters. The van der Waals surface area contributed by atoms with Gasteiger partial charge in [0, 0.05) is 12.0 Å². The van der Waals surface area contributed by atoms with E-state index in [1.807, 2.05) is 54.6 Å².